The maximum Gasteiger partial charge on any atom is 0.412 e. The zero-order valence-electron chi connectivity index (χ0n) is 16.4. The van der Waals surface area contributed by atoms with E-state index in [-0.39, 0.29) is 23.6 Å². The molecule has 28 heavy (non-hydrogen) atoms. The molecule has 3 rings (SSSR count). The van der Waals surface area contributed by atoms with Crippen LogP contribution in [0.1, 0.15) is 34.6 Å². The minimum Gasteiger partial charge on any atom is -0.444 e. The van der Waals surface area contributed by atoms with Gasteiger partial charge in [0.15, 0.2) is 5.79 Å². The number of nitrogens with zero attached hydrogens (tertiary/aromatic N) is 2. The lowest BCUT2D eigenvalue weighted by molar-refractivity contribution is -0.384. The number of anilines is 2. The van der Waals surface area contributed by atoms with Crippen LogP contribution in [0.5, 0.6) is 0 Å². The van der Waals surface area contributed by atoms with Gasteiger partial charge < -0.3 is 19.1 Å². The van der Waals surface area contributed by atoms with Crippen molar-refractivity contribution < 1.29 is 23.9 Å². The minimum absolute atomic E-state index is 0.0664. The van der Waals surface area contributed by atoms with E-state index < -0.39 is 22.4 Å². The number of hydrogen-bond acceptors (Lipinski definition) is 7. The Morgan fingerprint density at radius 3 is 2.39 bits per heavy atom. The molecule has 10 heteroatoms. The quantitative estimate of drug-likeness (QED) is 0.378. The van der Waals surface area contributed by atoms with Gasteiger partial charge in [-0.15, -0.1) is 0 Å². The van der Waals surface area contributed by atoms with Gasteiger partial charge >= 0.3 is 6.09 Å². The molecule has 2 aliphatic rings. The molecule has 1 amide bonds. The van der Waals surface area contributed by atoms with E-state index >= 15 is 0 Å². The Hall–Kier alpha value is -1.66. The number of carbonyl (C=O) groups excluding carboxylic acids is 1. The highest BCUT2D eigenvalue weighted by Crippen LogP contribution is 2.39. The summed E-state index contributed by atoms with van der Waals surface area (Å²) in [6, 6.07) is 3.05. The molecular weight excluding hydrogens is 481 g/mol. The number of nitro benzene ring substituents is 1. The van der Waals surface area contributed by atoms with Crippen molar-refractivity contribution in [3.8, 4) is 0 Å². The van der Waals surface area contributed by atoms with Crippen molar-refractivity contribution >= 4 is 45.7 Å². The largest absolute Gasteiger partial charge is 0.444 e. The minimum atomic E-state index is -0.741. The van der Waals surface area contributed by atoms with Crippen molar-refractivity contribution in [2.45, 2.75) is 58.2 Å². The molecule has 0 bridgehead atoms. The zero-order chi connectivity index (χ0) is 20.9. The van der Waals surface area contributed by atoms with E-state index in [4.69, 9.17) is 14.2 Å². The Morgan fingerprint density at radius 1 is 1.32 bits per heavy atom. The molecule has 0 radical (unpaired) electrons. The van der Waals surface area contributed by atoms with Crippen molar-refractivity contribution in [1.29, 1.82) is 0 Å². The van der Waals surface area contributed by atoms with Crippen molar-refractivity contribution in [3.63, 3.8) is 0 Å². The first-order chi connectivity index (χ1) is 12.8. The Bertz CT molecular complexity index is 791. The number of fused-ring (bicyclic) bond motifs is 1. The molecule has 1 aromatic carbocycles. The number of benzene rings is 1. The monoisotopic (exact) mass is 505 g/mol. The molecule has 2 heterocycles. The van der Waals surface area contributed by atoms with Crippen LogP contribution in [0, 0.1) is 13.7 Å². The number of halogens is 1. The van der Waals surface area contributed by atoms with E-state index in [0.29, 0.717) is 16.7 Å². The highest BCUT2D eigenvalue weighted by Gasteiger charge is 2.47. The predicted molar refractivity (Wildman–Crippen MR) is 112 cm³/mol. The highest BCUT2D eigenvalue weighted by molar-refractivity contribution is 14.1. The van der Waals surface area contributed by atoms with Gasteiger partial charge in [-0.3, -0.25) is 15.4 Å². The second-order valence-electron chi connectivity index (χ2n) is 8.32. The Kier molecular flexibility index (Phi) is 5.49. The van der Waals surface area contributed by atoms with Gasteiger partial charge in [-0.2, -0.15) is 0 Å². The zero-order valence-corrected chi connectivity index (χ0v) is 18.6. The summed E-state index contributed by atoms with van der Waals surface area (Å²) in [4.78, 5) is 25.1. The van der Waals surface area contributed by atoms with Crippen LogP contribution in [0.25, 0.3) is 0 Å². The van der Waals surface area contributed by atoms with Crippen LogP contribution in [-0.4, -0.2) is 47.7 Å². The molecule has 2 saturated heterocycles. The van der Waals surface area contributed by atoms with Gasteiger partial charge in [0.25, 0.3) is 5.69 Å². The summed E-state index contributed by atoms with van der Waals surface area (Å²) in [6.45, 7) is 10.2. The van der Waals surface area contributed by atoms with Crippen molar-refractivity contribution in [2.24, 2.45) is 0 Å². The van der Waals surface area contributed by atoms with Crippen molar-refractivity contribution in [3.05, 3.63) is 25.8 Å². The Morgan fingerprint density at radius 2 is 1.89 bits per heavy atom. The van der Waals surface area contributed by atoms with Crippen LogP contribution < -0.4 is 10.2 Å². The smallest absolute Gasteiger partial charge is 0.412 e. The first kappa shape index (κ1) is 21.1. The molecule has 0 aliphatic carbocycles. The van der Waals surface area contributed by atoms with Gasteiger partial charge in [-0.25, -0.2) is 4.79 Å². The summed E-state index contributed by atoms with van der Waals surface area (Å²) >= 11 is 2.06. The highest BCUT2D eigenvalue weighted by atomic mass is 127. The average Bonchev–Trinajstić information content (AvgIpc) is 2.99. The van der Waals surface area contributed by atoms with Crippen LogP contribution in [0.3, 0.4) is 0 Å². The SMILES string of the molecule is CC(C)(C)OC(=O)Nc1cc(N2C[C@@H]3OC(C)(C)O[C@@H]3C2)c(I)cc1[N+](=O)[O-]. The summed E-state index contributed by atoms with van der Waals surface area (Å²) in [7, 11) is 0. The Balaban J connectivity index is 1.85. The molecule has 2 fully saturated rings. The molecule has 1 N–H and O–H groups in total. The van der Waals surface area contributed by atoms with E-state index in [1.54, 1.807) is 26.8 Å². The van der Waals surface area contributed by atoms with Gasteiger partial charge in [-0.05, 0) is 63.3 Å². The second kappa shape index (κ2) is 7.30. The third-order valence-electron chi connectivity index (χ3n) is 4.32. The van der Waals surface area contributed by atoms with Crippen LogP contribution in [0.4, 0.5) is 21.9 Å². The molecule has 154 valence electrons. The number of carbonyl (C=O) groups is 1. The summed E-state index contributed by atoms with van der Waals surface area (Å²) < 4.78 is 17.8. The lowest BCUT2D eigenvalue weighted by atomic mass is 10.2. The lowest BCUT2D eigenvalue weighted by Crippen LogP contribution is -2.30. The first-order valence-corrected chi connectivity index (χ1v) is 10.0. The fraction of sp³-hybridized carbons (Fsp3) is 0.611. The summed E-state index contributed by atoms with van der Waals surface area (Å²) in [5.41, 5.74) is -0.0312. The van der Waals surface area contributed by atoms with Gasteiger partial charge in [0.05, 0.1) is 10.6 Å². The average molecular weight is 505 g/mol. The fourth-order valence-electron chi connectivity index (χ4n) is 3.38. The molecule has 1 aromatic rings. The standard InChI is InChI=1S/C18H24IN3O6/c1-17(2,3)28-16(23)20-11-7-12(10(19)6-13(11)22(24)25)21-8-14-15(9-21)27-18(4,5)26-14/h6-7,14-15H,8-9H2,1-5H3,(H,20,23)/t14-,15+. The Labute approximate surface area is 177 Å². The predicted octanol–water partition coefficient (Wildman–Crippen LogP) is 3.89. The molecule has 0 saturated carbocycles. The number of hydrogen-bond donors (Lipinski definition) is 1. The van der Waals surface area contributed by atoms with Crippen LogP contribution >= 0.6 is 22.6 Å². The third-order valence-corrected chi connectivity index (χ3v) is 5.19. The maximum absolute atomic E-state index is 12.1. The van der Waals surface area contributed by atoms with E-state index in [1.807, 2.05) is 13.8 Å². The molecule has 2 aliphatic heterocycles. The van der Waals surface area contributed by atoms with Crippen molar-refractivity contribution in [1.82, 2.24) is 0 Å². The topological polar surface area (TPSA) is 103 Å². The van der Waals surface area contributed by atoms with Crippen LogP contribution in [-0.2, 0) is 14.2 Å². The normalized spacial score (nSPS) is 23.4. The van der Waals surface area contributed by atoms with Gasteiger partial charge in [0.1, 0.15) is 23.5 Å². The van der Waals surface area contributed by atoms with E-state index in [2.05, 4.69) is 32.8 Å². The van der Waals surface area contributed by atoms with Crippen molar-refractivity contribution in [2.75, 3.05) is 23.3 Å². The maximum atomic E-state index is 12.1. The van der Waals surface area contributed by atoms with Gasteiger partial charge in [-0.1, -0.05) is 0 Å². The van der Waals surface area contributed by atoms with Crippen LogP contribution in [0.2, 0.25) is 0 Å². The molecule has 0 unspecified atom stereocenters. The number of ether oxygens (including phenoxy) is 3. The number of nitrogens with one attached hydrogen (secondary N) is 1. The molecule has 9 nitrogen and oxygen atoms in total. The number of amides is 1. The molecular formula is C18H24IN3O6. The molecule has 0 spiro atoms. The number of rotatable bonds is 3. The van der Waals surface area contributed by atoms with Gasteiger partial charge in [0.2, 0.25) is 0 Å². The van der Waals surface area contributed by atoms with E-state index in [1.165, 1.54) is 6.07 Å². The summed E-state index contributed by atoms with van der Waals surface area (Å²) in [5, 5.41) is 14.0. The van der Waals surface area contributed by atoms with Gasteiger partial charge in [0, 0.05) is 22.7 Å². The fourth-order valence-corrected chi connectivity index (χ4v) is 4.17. The van der Waals surface area contributed by atoms with Crippen LogP contribution in [0.15, 0.2) is 12.1 Å². The summed E-state index contributed by atoms with van der Waals surface area (Å²) in [6.07, 6.45) is -0.874. The second-order valence-corrected chi connectivity index (χ2v) is 9.48. The molecule has 2 atom stereocenters. The summed E-state index contributed by atoms with van der Waals surface area (Å²) in [5.74, 6) is -0.604. The van der Waals surface area contributed by atoms with E-state index in [9.17, 15) is 14.9 Å². The third kappa shape index (κ3) is 4.66. The number of nitro groups is 1. The first-order valence-electron chi connectivity index (χ1n) is 8.93. The molecule has 0 aromatic heterocycles. The van der Waals surface area contributed by atoms with E-state index in [0.717, 1.165) is 5.69 Å². The lowest BCUT2D eigenvalue weighted by Gasteiger charge is -2.25.